The molecule has 1 aliphatic rings. The SMILES string of the molecule is Cc1cnc(C(=O)NC2CCCC(C#C[Si](C(C)C)(C(C)C)C(C)C)C2)cn1. The summed E-state index contributed by atoms with van der Waals surface area (Å²) in [4.78, 5) is 20.8. The van der Waals surface area contributed by atoms with Crippen molar-refractivity contribution in [3.05, 3.63) is 23.8 Å². The second-order valence-electron chi connectivity index (χ2n) is 9.24. The number of rotatable bonds is 5. The lowest BCUT2D eigenvalue weighted by Crippen LogP contribution is -2.43. The van der Waals surface area contributed by atoms with Crippen molar-refractivity contribution >= 4 is 14.0 Å². The fourth-order valence-corrected chi connectivity index (χ4v) is 10.2. The zero-order chi connectivity index (χ0) is 20.9. The molecule has 1 amide bonds. The fraction of sp³-hybridized carbons (Fsp3) is 0.696. The molecule has 2 atom stereocenters. The van der Waals surface area contributed by atoms with Crippen LogP contribution >= 0.6 is 0 Å². The minimum atomic E-state index is -1.69. The molecule has 0 spiro atoms. The number of nitrogens with zero attached hydrogens (tertiary/aromatic N) is 2. The Morgan fingerprint density at radius 3 is 2.25 bits per heavy atom. The van der Waals surface area contributed by atoms with Crippen molar-refractivity contribution in [2.45, 2.75) is 96.8 Å². The summed E-state index contributed by atoms with van der Waals surface area (Å²) in [5.74, 6) is 3.95. The number of amides is 1. The van der Waals surface area contributed by atoms with Crippen LogP contribution in [0.2, 0.25) is 16.6 Å². The monoisotopic (exact) mass is 399 g/mol. The largest absolute Gasteiger partial charge is 0.348 e. The molecule has 0 aromatic carbocycles. The maximum absolute atomic E-state index is 12.5. The van der Waals surface area contributed by atoms with Crippen LogP contribution in [0, 0.1) is 24.3 Å². The van der Waals surface area contributed by atoms with Gasteiger partial charge in [-0.1, -0.05) is 48.0 Å². The minimum absolute atomic E-state index is 0.124. The predicted molar refractivity (Wildman–Crippen MR) is 119 cm³/mol. The van der Waals surface area contributed by atoms with E-state index in [0.29, 0.717) is 28.2 Å². The highest BCUT2D eigenvalue weighted by Crippen LogP contribution is 2.41. The Morgan fingerprint density at radius 2 is 1.71 bits per heavy atom. The highest BCUT2D eigenvalue weighted by molar-refractivity contribution is 6.90. The molecule has 0 aliphatic heterocycles. The molecule has 0 bridgehead atoms. The Hall–Kier alpha value is -1.67. The van der Waals surface area contributed by atoms with E-state index in [0.717, 1.165) is 31.4 Å². The summed E-state index contributed by atoms with van der Waals surface area (Å²) in [7, 11) is -1.69. The average molecular weight is 400 g/mol. The van der Waals surface area contributed by atoms with Crippen molar-refractivity contribution in [2.24, 2.45) is 5.92 Å². The van der Waals surface area contributed by atoms with E-state index in [-0.39, 0.29) is 11.9 Å². The number of hydrogen-bond donors (Lipinski definition) is 1. The number of aryl methyl sites for hydroxylation is 1. The Labute approximate surface area is 172 Å². The summed E-state index contributed by atoms with van der Waals surface area (Å²) in [6.45, 7) is 16.0. The summed E-state index contributed by atoms with van der Waals surface area (Å²) in [6, 6.07) is 0.178. The van der Waals surface area contributed by atoms with Crippen LogP contribution in [0.25, 0.3) is 0 Å². The molecule has 154 valence electrons. The first-order chi connectivity index (χ1) is 13.2. The molecular weight excluding hydrogens is 362 g/mol. The lowest BCUT2D eigenvalue weighted by Gasteiger charge is -2.38. The van der Waals surface area contributed by atoms with E-state index in [2.05, 4.69) is 68.3 Å². The van der Waals surface area contributed by atoms with Gasteiger partial charge in [-0.3, -0.25) is 9.78 Å². The van der Waals surface area contributed by atoms with Gasteiger partial charge in [0.1, 0.15) is 13.8 Å². The van der Waals surface area contributed by atoms with Gasteiger partial charge in [-0.2, -0.15) is 0 Å². The van der Waals surface area contributed by atoms with Gasteiger partial charge < -0.3 is 5.32 Å². The standard InChI is InChI=1S/C23H37N3OSi/c1-16(2)28(17(3)4,18(5)6)12-11-20-9-8-10-21(13-20)26-23(27)22-15-24-19(7)14-25-22/h14-18,20-21H,8-10,13H2,1-7H3,(H,26,27). The van der Waals surface area contributed by atoms with Gasteiger partial charge in [-0.05, 0) is 42.8 Å². The Bertz CT molecular complexity index is 694. The Kier molecular flexibility index (Phi) is 7.83. The summed E-state index contributed by atoms with van der Waals surface area (Å²) >= 11 is 0. The van der Waals surface area contributed by atoms with Gasteiger partial charge in [0.2, 0.25) is 0 Å². The van der Waals surface area contributed by atoms with Gasteiger partial charge in [-0.15, -0.1) is 11.5 Å². The minimum Gasteiger partial charge on any atom is -0.348 e. The van der Waals surface area contributed by atoms with Crippen LogP contribution in [0.4, 0.5) is 0 Å². The van der Waals surface area contributed by atoms with Gasteiger partial charge in [-0.25, -0.2) is 4.98 Å². The van der Waals surface area contributed by atoms with Gasteiger partial charge in [0.05, 0.1) is 11.9 Å². The van der Waals surface area contributed by atoms with Crippen molar-refractivity contribution in [1.29, 1.82) is 0 Å². The predicted octanol–water partition coefficient (Wildman–Crippen LogP) is 5.30. The number of carbonyl (C=O) groups excluding carboxylic acids is 1. The first-order valence-corrected chi connectivity index (χ1v) is 13.0. The van der Waals surface area contributed by atoms with Crippen LogP contribution in [0.5, 0.6) is 0 Å². The lowest BCUT2D eigenvalue weighted by atomic mass is 9.86. The summed E-state index contributed by atoms with van der Waals surface area (Å²) in [5.41, 5.74) is 7.03. The molecule has 28 heavy (non-hydrogen) atoms. The Balaban J connectivity index is 2.08. The molecule has 5 heteroatoms. The summed E-state index contributed by atoms with van der Waals surface area (Å²) in [6.07, 6.45) is 7.41. The first kappa shape index (κ1) is 22.6. The number of aromatic nitrogens is 2. The van der Waals surface area contributed by atoms with E-state index in [9.17, 15) is 4.79 Å². The van der Waals surface area contributed by atoms with Crippen molar-refractivity contribution in [2.75, 3.05) is 0 Å². The van der Waals surface area contributed by atoms with Crippen LogP contribution in [0.1, 0.15) is 83.4 Å². The second kappa shape index (κ2) is 9.69. The zero-order valence-electron chi connectivity index (χ0n) is 18.7. The van der Waals surface area contributed by atoms with E-state index < -0.39 is 8.07 Å². The molecule has 1 aromatic rings. The molecule has 1 fully saturated rings. The summed E-state index contributed by atoms with van der Waals surface area (Å²) in [5, 5.41) is 3.15. The van der Waals surface area contributed by atoms with Crippen molar-refractivity contribution in [3.8, 4) is 11.5 Å². The molecule has 0 saturated heterocycles. The number of carbonyl (C=O) groups is 1. The summed E-state index contributed by atoms with van der Waals surface area (Å²) < 4.78 is 0. The highest BCUT2D eigenvalue weighted by Gasteiger charge is 2.41. The van der Waals surface area contributed by atoms with E-state index >= 15 is 0 Å². The second-order valence-corrected chi connectivity index (χ2v) is 14.8. The maximum Gasteiger partial charge on any atom is 0.271 e. The highest BCUT2D eigenvalue weighted by atomic mass is 28.3. The number of hydrogen-bond acceptors (Lipinski definition) is 3. The third kappa shape index (κ3) is 5.23. The van der Waals surface area contributed by atoms with Crippen molar-refractivity contribution in [3.63, 3.8) is 0 Å². The zero-order valence-corrected chi connectivity index (χ0v) is 19.7. The quantitative estimate of drug-likeness (QED) is 0.540. The first-order valence-electron chi connectivity index (χ1n) is 10.8. The van der Waals surface area contributed by atoms with Crippen LogP contribution in [0.15, 0.2) is 12.4 Å². The normalized spacial score (nSPS) is 20.2. The molecule has 2 rings (SSSR count). The molecule has 4 nitrogen and oxygen atoms in total. The van der Waals surface area contributed by atoms with Crippen LogP contribution in [0.3, 0.4) is 0 Å². The van der Waals surface area contributed by atoms with Gasteiger partial charge >= 0.3 is 0 Å². The van der Waals surface area contributed by atoms with Gasteiger partial charge in [0.25, 0.3) is 5.91 Å². The molecule has 1 N–H and O–H groups in total. The molecular formula is C23H37N3OSi. The molecule has 1 heterocycles. The lowest BCUT2D eigenvalue weighted by molar-refractivity contribution is 0.0918. The average Bonchev–Trinajstić information content (AvgIpc) is 2.62. The molecule has 0 radical (unpaired) electrons. The van der Waals surface area contributed by atoms with Crippen molar-refractivity contribution < 1.29 is 4.79 Å². The van der Waals surface area contributed by atoms with E-state index in [4.69, 9.17) is 0 Å². The van der Waals surface area contributed by atoms with Crippen LogP contribution in [-0.2, 0) is 0 Å². The molecule has 1 saturated carbocycles. The third-order valence-electron chi connectivity index (χ3n) is 6.38. The van der Waals surface area contributed by atoms with Crippen LogP contribution in [-0.4, -0.2) is 30.0 Å². The van der Waals surface area contributed by atoms with Crippen LogP contribution < -0.4 is 5.32 Å². The molecule has 2 unspecified atom stereocenters. The topological polar surface area (TPSA) is 54.9 Å². The smallest absolute Gasteiger partial charge is 0.271 e. The van der Waals surface area contributed by atoms with Gasteiger partial charge in [0, 0.05) is 18.2 Å². The van der Waals surface area contributed by atoms with Crippen molar-refractivity contribution in [1.82, 2.24) is 15.3 Å². The third-order valence-corrected chi connectivity index (χ3v) is 12.7. The number of nitrogens with one attached hydrogen (secondary N) is 1. The van der Waals surface area contributed by atoms with E-state index in [1.807, 2.05) is 6.92 Å². The maximum atomic E-state index is 12.5. The molecule has 1 aromatic heterocycles. The fourth-order valence-electron chi connectivity index (χ4n) is 4.88. The Morgan fingerprint density at radius 1 is 1.07 bits per heavy atom. The van der Waals surface area contributed by atoms with Gasteiger partial charge in [0.15, 0.2) is 0 Å². The van der Waals surface area contributed by atoms with E-state index in [1.54, 1.807) is 12.4 Å². The van der Waals surface area contributed by atoms with E-state index in [1.165, 1.54) is 0 Å². The molecule has 1 aliphatic carbocycles.